The van der Waals surface area contributed by atoms with Crippen LogP contribution in [0.2, 0.25) is 0 Å². The molecule has 0 saturated carbocycles. The molecule has 1 aromatic rings. The van der Waals surface area contributed by atoms with E-state index in [0.29, 0.717) is 5.56 Å². The van der Waals surface area contributed by atoms with Crippen molar-refractivity contribution >= 4 is 11.9 Å². The largest absolute Gasteiger partial charge is 0.479 e. The number of hydrogen-bond donors (Lipinski definition) is 2. The molecule has 0 radical (unpaired) electrons. The molecule has 0 heterocycles. The van der Waals surface area contributed by atoms with Gasteiger partial charge in [0, 0.05) is 12.7 Å². The molecule has 0 fully saturated rings. The second-order valence-electron chi connectivity index (χ2n) is 4.61. The van der Waals surface area contributed by atoms with E-state index in [9.17, 15) is 9.59 Å². The molecule has 0 saturated heterocycles. The predicted octanol–water partition coefficient (Wildman–Crippen LogP) is 1.00. The number of methoxy groups -OCH3 is 1. The molecular formula is C14H17NO4. The van der Waals surface area contributed by atoms with Crippen molar-refractivity contribution in [2.24, 2.45) is 0 Å². The van der Waals surface area contributed by atoms with Crippen molar-refractivity contribution in [2.75, 3.05) is 13.7 Å². The summed E-state index contributed by atoms with van der Waals surface area (Å²) in [6, 6.07) is 5.64. The van der Waals surface area contributed by atoms with Gasteiger partial charge in [0.05, 0.1) is 6.54 Å². The quantitative estimate of drug-likeness (QED) is 0.831. The fourth-order valence-electron chi connectivity index (χ4n) is 2.27. The van der Waals surface area contributed by atoms with Gasteiger partial charge in [0.25, 0.3) is 5.91 Å². The summed E-state index contributed by atoms with van der Waals surface area (Å²) in [5, 5.41) is 11.4. The highest BCUT2D eigenvalue weighted by Gasteiger charge is 2.18. The summed E-state index contributed by atoms with van der Waals surface area (Å²) >= 11 is 0. The highest BCUT2D eigenvalue weighted by Crippen LogP contribution is 2.22. The number of aliphatic carboxylic acids is 1. The second kappa shape index (κ2) is 5.84. The summed E-state index contributed by atoms with van der Waals surface area (Å²) in [4.78, 5) is 22.7. The Balaban J connectivity index is 1.98. The molecule has 0 aromatic heterocycles. The second-order valence-corrected chi connectivity index (χ2v) is 4.61. The Labute approximate surface area is 111 Å². The number of nitrogens with one attached hydrogen (secondary N) is 1. The molecule has 0 bridgehead atoms. The number of carbonyl (C=O) groups excluding carboxylic acids is 1. The van der Waals surface area contributed by atoms with Gasteiger partial charge >= 0.3 is 5.97 Å². The molecule has 0 aliphatic heterocycles. The molecule has 1 aromatic carbocycles. The standard InChI is InChI=1S/C14H17NO4/c1-19-12(14(17)18)8-15-13(16)11-6-5-9-3-2-4-10(9)7-11/h5-7,12H,2-4,8H2,1H3,(H,15,16)(H,17,18). The molecule has 1 aliphatic carbocycles. The maximum absolute atomic E-state index is 11.9. The molecule has 19 heavy (non-hydrogen) atoms. The number of fused-ring (bicyclic) bond motifs is 1. The molecule has 0 spiro atoms. The van der Waals surface area contributed by atoms with Crippen molar-refractivity contribution in [3.63, 3.8) is 0 Å². The molecular weight excluding hydrogens is 246 g/mol. The number of carboxylic acid groups (broad SMARTS) is 1. The van der Waals surface area contributed by atoms with Crippen molar-refractivity contribution in [3.8, 4) is 0 Å². The number of rotatable bonds is 5. The Kier molecular flexibility index (Phi) is 4.16. The third-order valence-corrected chi connectivity index (χ3v) is 3.37. The molecule has 1 unspecified atom stereocenters. The van der Waals surface area contributed by atoms with Crippen molar-refractivity contribution in [1.82, 2.24) is 5.32 Å². The number of hydrogen-bond acceptors (Lipinski definition) is 3. The summed E-state index contributed by atoms with van der Waals surface area (Å²) in [7, 11) is 1.31. The van der Waals surface area contributed by atoms with Crippen LogP contribution in [0.1, 0.15) is 27.9 Å². The molecule has 5 nitrogen and oxygen atoms in total. The topological polar surface area (TPSA) is 75.6 Å². The summed E-state index contributed by atoms with van der Waals surface area (Å²) in [5.41, 5.74) is 3.09. The summed E-state index contributed by atoms with van der Waals surface area (Å²) in [6.07, 6.45) is 2.19. The van der Waals surface area contributed by atoms with Crippen molar-refractivity contribution in [3.05, 3.63) is 34.9 Å². The molecule has 102 valence electrons. The van der Waals surface area contributed by atoms with E-state index in [-0.39, 0.29) is 12.5 Å². The lowest BCUT2D eigenvalue weighted by Gasteiger charge is -2.12. The van der Waals surface area contributed by atoms with E-state index in [1.807, 2.05) is 12.1 Å². The molecule has 1 aliphatic rings. The molecule has 2 rings (SSSR count). The number of carboxylic acids is 1. The monoisotopic (exact) mass is 263 g/mol. The van der Waals surface area contributed by atoms with Gasteiger partial charge in [-0.05, 0) is 42.5 Å². The van der Waals surface area contributed by atoms with Crippen molar-refractivity contribution in [2.45, 2.75) is 25.4 Å². The third kappa shape index (κ3) is 3.12. The highest BCUT2D eigenvalue weighted by atomic mass is 16.5. The lowest BCUT2D eigenvalue weighted by Crippen LogP contribution is -2.37. The summed E-state index contributed by atoms with van der Waals surface area (Å²) in [5.74, 6) is -1.35. The Morgan fingerprint density at radius 2 is 2.11 bits per heavy atom. The first kappa shape index (κ1) is 13.5. The molecule has 1 atom stereocenters. The van der Waals surface area contributed by atoms with E-state index in [4.69, 9.17) is 9.84 Å². The van der Waals surface area contributed by atoms with Gasteiger partial charge in [-0.2, -0.15) is 0 Å². The average molecular weight is 263 g/mol. The van der Waals surface area contributed by atoms with Crippen molar-refractivity contribution < 1.29 is 19.4 Å². The zero-order valence-electron chi connectivity index (χ0n) is 10.8. The van der Waals surface area contributed by atoms with Crippen LogP contribution in [0.3, 0.4) is 0 Å². The van der Waals surface area contributed by atoms with Crippen LogP contribution in [0, 0.1) is 0 Å². The van der Waals surface area contributed by atoms with Crippen LogP contribution in [-0.2, 0) is 22.4 Å². The van der Waals surface area contributed by atoms with Gasteiger partial charge < -0.3 is 15.2 Å². The molecule has 5 heteroatoms. The first-order valence-corrected chi connectivity index (χ1v) is 6.27. The lowest BCUT2D eigenvalue weighted by atomic mass is 10.1. The zero-order valence-corrected chi connectivity index (χ0v) is 10.8. The van der Waals surface area contributed by atoms with E-state index in [0.717, 1.165) is 19.3 Å². The fourth-order valence-corrected chi connectivity index (χ4v) is 2.27. The van der Waals surface area contributed by atoms with Gasteiger partial charge in [-0.3, -0.25) is 4.79 Å². The smallest absolute Gasteiger partial charge is 0.334 e. The van der Waals surface area contributed by atoms with Crippen LogP contribution >= 0.6 is 0 Å². The maximum Gasteiger partial charge on any atom is 0.334 e. The van der Waals surface area contributed by atoms with Gasteiger partial charge in [-0.15, -0.1) is 0 Å². The van der Waals surface area contributed by atoms with E-state index in [1.54, 1.807) is 6.07 Å². The van der Waals surface area contributed by atoms with Crippen LogP contribution < -0.4 is 5.32 Å². The number of benzene rings is 1. The number of aryl methyl sites for hydroxylation is 2. The molecule has 2 N–H and O–H groups in total. The Bertz CT molecular complexity index is 498. The van der Waals surface area contributed by atoms with Crippen molar-refractivity contribution in [1.29, 1.82) is 0 Å². The Morgan fingerprint density at radius 1 is 1.37 bits per heavy atom. The number of carbonyl (C=O) groups is 2. The van der Waals surface area contributed by atoms with Crippen LogP contribution in [-0.4, -0.2) is 36.7 Å². The number of ether oxygens (including phenoxy) is 1. The van der Waals surface area contributed by atoms with Gasteiger partial charge in [0.15, 0.2) is 6.10 Å². The van der Waals surface area contributed by atoms with Gasteiger partial charge in [0.2, 0.25) is 0 Å². The van der Waals surface area contributed by atoms with Gasteiger partial charge in [-0.25, -0.2) is 4.79 Å². The summed E-state index contributed by atoms with van der Waals surface area (Å²) in [6.45, 7) is -0.0399. The molecule has 1 amide bonds. The SMILES string of the molecule is COC(CNC(=O)c1ccc2c(c1)CCC2)C(=O)O. The third-order valence-electron chi connectivity index (χ3n) is 3.37. The summed E-state index contributed by atoms with van der Waals surface area (Å²) < 4.78 is 4.76. The van der Waals surface area contributed by atoms with Crippen LogP contribution in [0.15, 0.2) is 18.2 Å². The highest BCUT2D eigenvalue weighted by molar-refractivity contribution is 5.94. The van der Waals surface area contributed by atoms with E-state index < -0.39 is 12.1 Å². The van der Waals surface area contributed by atoms with Gasteiger partial charge in [-0.1, -0.05) is 6.07 Å². The predicted molar refractivity (Wildman–Crippen MR) is 69.2 cm³/mol. The van der Waals surface area contributed by atoms with Crippen LogP contribution in [0.4, 0.5) is 0 Å². The van der Waals surface area contributed by atoms with E-state index >= 15 is 0 Å². The zero-order chi connectivity index (χ0) is 13.8. The fraction of sp³-hybridized carbons (Fsp3) is 0.429. The Morgan fingerprint density at radius 3 is 2.79 bits per heavy atom. The minimum Gasteiger partial charge on any atom is -0.479 e. The van der Waals surface area contributed by atoms with E-state index in [1.165, 1.54) is 18.2 Å². The maximum atomic E-state index is 11.9. The van der Waals surface area contributed by atoms with Gasteiger partial charge in [0.1, 0.15) is 0 Å². The Hall–Kier alpha value is -1.88. The minimum absolute atomic E-state index is 0.0399. The minimum atomic E-state index is -1.09. The average Bonchev–Trinajstić information content (AvgIpc) is 2.85. The first-order valence-electron chi connectivity index (χ1n) is 6.27. The van der Waals surface area contributed by atoms with Crippen LogP contribution in [0.5, 0.6) is 0 Å². The normalized spacial score (nSPS) is 14.8. The van der Waals surface area contributed by atoms with E-state index in [2.05, 4.69) is 5.32 Å². The number of amides is 1. The first-order chi connectivity index (χ1) is 9.11. The lowest BCUT2D eigenvalue weighted by molar-refractivity contribution is -0.148. The van der Waals surface area contributed by atoms with Crippen LogP contribution in [0.25, 0.3) is 0 Å².